The second-order valence-corrected chi connectivity index (χ2v) is 15.5. The Kier molecular flexibility index (Phi) is 5.98. The van der Waals surface area contributed by atoms with Crippen LogP contribution in [0.15, 0.2) is 198 Å². The van der Waals surface area contributed by atoms with Gasteiger partial charge in [0.2, 0.25) is 0 Å². The fourth-order valence-corrected chi connectivity index (χ4v) is 10.9. The number of rotatable bonds is 2. The molecule has 1 aliphatic heterocycles. The van der Waals surface area contributed by atoms with Crippen LogP contribution in [-0.2, 0) is 5.41 Å². The van der Waals surface area contributed by atoms with Crippen LogP contribution >= 0.6 is 11.8 Å². The SMILES string of the molecule is c1ccc2c(c1)Sc1c(ccc3c4ccc5ccccc5c4n(-c4ccc(-c5ccc6ccccc6c5)cc4)c13)C21c2ccccc2-c2ccccc21. The molecular weight excluding hydrogens is 659 g/mol. The van der Waals surface area contributed by atoms with Crippen molar-refractivity contribution >= 4 is 55.1 Å². The minimum Gasteiger partial charge on any atom is -0.307 e. The number of benzene rings is 9. The lowest BCUT2D eigenvalue weighted by molar-refractivity contribution is 0.724. The van der Waals surface area contributed by atoms with Crippen LogP contribution in [0.4, 0.5) is 0 Å². The number of fused-ring (bicyclic) bond motifs is 16. The van der Waals surface area contributed by atoms with Gasteiger partial charge in [0.05, 0.1) is 16.4 Å². The molecule has 0 fully saturated rings. The summed E-state index contributed by atoms with van der Waals surface area (Å²) >= 11 is 1.93. The van der Waals surface area contributed by atoms with Crippen LogP contribution in [-0.4, -0.2) is 4.57 Å². The van der Waals surface area contributed by atoms with E-state index in [0.29, 0.717) is 0 Å². The van der Waals surface area contributed by atoms with Crippen LogP contribution in [0.2, 0.25) is 0 Å². The Morgan fingerprint density at radius 3 is 1.75 bits per heavy atom. The van der Waals surface area contributed by atoms with Gasteiger partial charge in [0.15, 0.2) is 0 Å². The lowest BCUT2D eigenvalue weighted by Crippen LogP contribution is -2.32. The van der Waals surface area contributed by atoms with Gasteiger partial charge in [-0.05, 0) is 84.9 Å². The molecule has 9 aromatic carbocycles. The highest BCUT2D eigenvalue weighted by Crippen LogP contribution is 2.63. The summed E-state index contributed by atoms with van der Waals surface area (Å²) in [4.78, 5) is 2.64. The summed E-state index contributed by atoms with van der Waals surface area (Å²) in [6, 6.07) is 70.2. The maximum atomic E-state index is 2.57. The van der Waals surface area contributed by atoms with Crippen LogP contribution in [0.1, 0.15) is 22.3 Å². The minimum atomic E-state index is -0.429. The Bertz CT molecular complexity index is 3100. The standard InChI is InChI=1S/C51H31NS/c1-2-13-35-31-36(22-21-32(35)11-1)33-23-26-37(27-24-33)52-48-38-14-4-3-12-34(38)25-28-41(48)42-29-30-46-50(49(42)52)53-47-20-10-9-19-45(47)51(46)43-17-7-5-15-39(43)40-16-6-8-18-44(40)51/h1-31H. The van der Waals surface area contributed by atoms with Gasteiger partial charge in [0.25, 0.3) is 0 Å². The predicted molar refractivity (Wildman–Crippen MR) is 223 cm³/mol. The molecule has 1 nitrogen and oxygen atoms in total. The van der Waals surface area contributed by atoms with Gasteiger partial charge in [-0.15, -0.1) is 0 Å². The average Bonchev–Trinajstić information content (AvgIpc) is 3.73. The minimum absolute atomic E-state index is 0.429. The number of hydrogen-bond donors (Lipinski definition) is 0. The first-order chi connectivity index (χ1) is 26.3. The van der Waals surface area contributed by atoms with Crippen LogP contribution in [0.3, 0.4) is 0 Å². The highest BCUT2D eigenvalue weighted by molar-refractivity contribution is 7.99. The molecule has 0 amide bonds. The Balaban J connectivity index is 1.19. The third-order valence-electron chi connectivity index (χ3n) is 11.8. The average molecular weight is 690 g/mol. The lowest BCUT2D eigenvalue weighted by Gasteiger charge is -2.40. The van der Waals surface area contributed by atoms with Gasteiger partial charge in [0, 0.05) is 31.6 Å². The monoisotopic (exact) mass is 689 g/mol. The van der Waals surface area contributed by atoms with Gasteiger partial charge >= 0.3 is 0 Å². The van der Waals surface area contributed by atoms with E-state index in [-0.39, 0.29) is 0 Å². The third-order valence-corrected chi connectivity index (χ3v) is 13.0. The second kappa shape index (κ2) is 10.8. The first kappa shape index (κ1) is 29.3. The van der Waals surface area contributed by atoms with Crippen molar-refractivity contribution in [2.75, 3.05) is 0 Å². The summed E-state index contributed by atoms with van der Waals surface area (Å²) in [6.45, 7) is 0. The Labute approximate surface area is 311 Å². The summed E-state index contributed by atoms with van der Waals surface area (Å²) in [5.74, 6) is 0. The lowest BCUT2D eigenvalue weighted by atomic mass is 9.67. The highest BCUT2D eigenvalue weighted by Gasteiger charge is 2.50. The Morgan fingerprint density at radius 1 is 0.377 bits per heavy atom. The highest BCUT2D eigenvalue weighted by atomic mass is 32.2. The van der Waals surface area contributed by atoms with E-state index in [9.17, 15) is 0 Å². The third kappa shape index (κ3) is 3.88. The molecule has 0 unspecified atom stereocenters. The normalized spacial score (nSPS) is 13.7. The van der Waals surface area contributed by atoms with Crippen molar-refractivity contribution in [1.82, 2.24) is 4.57 Å². The number of nitrogens with zero attached hydrogens (tertiary/aromatic N) is 1. The molecule has 0 saturated heterocycles. The van der Waals surface area contributed by atoms with Crippen molar-refractivity contribution in [2.45, 2.75) is 15.2 Å². The molecule has 1 spiro atoms. The van der Waals surface area contributed by atoms with Crippen molar-refractivity contribution in [2.24, 2.45) is 0 Å². The van der Waals surface area contributed by atoms with Crippen LogP contribution < -0.4 is 0 Å². The zero-order valence-corrected chi connectivity index (χ0v) is 29.6. The van der Waals surface area contributed by atoms with E-state index in [0.717, 1.165) is 0 Å². The largest absolute Gasteiger partial charge is 0.307 e. The van der Waals surface area contributed by atoms with Crippen molar-refractivity contribution < 1.29 is 0 Å². The van der Waals surface area contributed by atoms with Gasteiger partial charge in [-0.2, -0.15) is 0 Å². The van der Waals surface area contributed by atoms with Crippen LogP contribution in [0, 0.1) is 0 Å². The Hall–Kier alpha value is -6.35. The topological polar surface area (TPSA) is 4.93 Å². The van der Waals surface area contributed by atoms with E-state index < -0.39 is 5.41 Å². The molecule has 2 heteroatoms. The molecule has 0 radical (unpaired) electrons. The molecule has 10 aromatic rings. The summed E-state index contributed by atoms with van der Waals surface area (Å²) in [5, 5.41) is 7.60. The maximum absolute atomic E-state index is 2.57. The molecule has 0 saturated carbocycles. The fraction of sp³-hybridized carbons (Fsp3) is 0.0196. The summed E-state index contributed by atoms with van der Waals surface area (Å²) in [5.41, 5.74) is 13.8. The van der Waals surface area contributed by atoms with E-state index in [1.54, 1.807) is 0 Å². The molecule has 0 bridgehead atoms. The van der Waals surface area contributed by atoms with Crippen molar-refractivity contribution in [3.05, 3.63) is 210 Å². The Morgan fingerprint density at radius 2 is 0.962 bits per heavy atom. The predicted octanol–water partition coefficient (Wildman–Crippen LogP) is 13.6. The maximum Gasteiger partial charge on any atom is 0.0736 e. The van der Waals surface area contributed by atoms with Gasteiger partial charge in [-0.3, -0.25) is 0 Å². The first-order valence-corrected chi connectivity index (χ1v) is 19.2. The van der Waals surface area contributed by atoms with Crippen LogP contribution in [0.5, 0.6) is 0 Å². The summed E-state index contributed by atoms with van der Waals surface area (Å²) in [7, 11) is 0. The molecule has 0 atom stereocenters. The molecule has 12 rings (SSSR count). The smallest absolute Gasteiger partial charge is 0.0736 e. The molecule has 1 aromatic heterocycles. The summed E-state index contributed by atoms with van der Waals surface area (Å²) in [6.07, 6.45) is 0. The van der Waals surface area contributed by atoms with E-state index in [2.05, 4.69) is 193 Å². The van der Waals surface area contributed by atoms with Gasteiger partial charge in [0.1, 0.15) is 0 Å². The van der Waals surface area contributed by atoms with Crippen molar-refractivity contribution in [3.63, 3.8) is 0 Å². The van der Waals surface area contributed by atoms with Crippen LogP contribution in [0.25, 0.3) is 71.3 Å². The first-order valence-electron chi connectivity index (χ1n) is 18.3. The number of hydrogen-bond acceptors (Lipinski definition) is 1. The van der Waals surface area contributed by atoms with E-state index in [1.165, 1.54) is 103 Å². The molecule has 2 aliphatic rings. The molecule has 53 heavy (non-hydrogen) atoms. The molecule has 246 valence electrons. The van der Waals surface area contributed by atoms with Crippen molar-refractivity contribution in [3.8, 4) is 27.9 Å². The van der Waals surface area contributed by atoms with Gasteiger partial charge in [-0.25, -0.2) is 0 Å². The fourth-order valence-electron chi connectivity index (χ4n) is 9.60. The number of aromatic nitrogens is 1. The second-order valence-electron chi connectivity index (χ2n) is 14.4. The van der Waals surface area contributed by atoms with E-state index in [4.69, 9.17) is 0 Å². The van der Waals surface area contributed by atoms with Crippen molar-refractivity contribution in [1.29, 1.82) is 0 Å². The van der Waals surface area contributed by atoms with E-state index >= 15 is 0 Å². The zero-order chi connectivity index (χ0) is 34.7. The molecule has 0 N–H and O–H groups in total. The zero-order valence-electron chi connectivity index (χ0n) is 28.8. The van der Waals surface area contributed by atoms with E-state index in [1.807, 2.05) is 11.8 Å². The molecular formula is C51H31NS. The van der Waals surface area contributed by atoms with Gasteiger partial charge < -0.3 is 4.57 Å². The summed E-state index contributed by atoms with van der Waals surface area (Å²) < 4.78 is 2.57. The molecule has 1 aliphatic carbocycles. The quantitative estimate of drug-likeness (QED) is 0.175. The molecule has 2 heterocycles. The van der Waals surface area contributed by atoms with Gasteiger partial charge in [-0.1, -0.05) is 176 Å².